The van der Waals surface area contributed by atoms with Gasteiger partial charge in [-0.3, -0.25) is 14.5 Å². The Morgan fingerprint density at radius 3 is 2.50 bits per heavy atom. The number of rotatable bonds is 6. The molecule has 0 bridgehead atoms. The van der Waals surface area contributed by atoms with E-state index in [1.165, 1.54) is 4.90 Å². The molecule has 1 aliphatic rings. The Labute approximate surface area is 130 Å². The first-order valence-corrected chi connectivity index (χ1v) is 7.44. The molecule has 2 N–H and O–H groups in total. The van der Waals surface area contributed by atoms with Crippen LogP contribution in [0.3, 0.4) is 0 Å². The molecule has 0 radical (unpaired) electrons. The Morgan fingerprint density at radius 1 is 1.32 bits per heavy atom. The lowest BCUT2D eigenvalue weighted by Gasteiger charge is -2.21. The lowest BCUT2D eigenvalue weighted by molar-refractivity contribution is -0.122. The summed E-state index contributed by atoms with van der Waals surface area (Å²) in [5.74, 6) is -0.132. The predicted molar refractivity (Wildman–Crippen MR) is 85.0 cm³/mol. The van der Waals surface area contributed by atoms with Crippen LogP contribution in [-0.2, 0) is 4.79 Å². The van der Waals surface area contributed by atoms with Gasteiger partial charge in [-0.05, 0) is 18.4 Å². The van der Waals surface area contributed by atoms with Gasteiger partial charge in [0.1, 0.15) is 6.54 Å². The number of benzene rings is 1. The molecule has 5 nitrogen and oxygen atoms in total. The van der Waals surface area contributed by atoms with E-state index in [9.17, 15) is 14.7 Å². The molecule has 0 aromatic heterocycles. The van der Waals surface area contributed by atoms with Crippen LogP contribution in [0.2, 0.25) is 0 Å². The number of fused-ring (bicyclic) bond motifs is 1. The molecular weight excluding hydrogens is 280 g/mol. The van der Waals surface area contributed by atoms with Crippen molar-refractivity contribution in [3.8, 4) is 0 Å². The first-order chi connectivity index (χ1) is 10.4. The van der Waals surface area contributed by atoms with Crippen LogP contribution >= 0.6 is 0 Å². The van der Waals surface area contributed by atoms with Gasteiger partial charge >= 0.3 is 0 Å². The van der Waals surface area contributed by atoms with Crippen LogP contribution in [0.15, 0.2) is 30.8 Å². The summed E-state index contributed by atoms with van der Waals surface area (Å²) in [7, 11) is 0. The van der Waals surface area contributed by atoms with Crippen LogP contribution in [0.4, 0.5) is 0 Å². The van der Waals surface area contributed by atoms with E-state index in [0.717, 1.165) is 5.56 Å². The summed E-state index contributed by atoms with van der Waals surface area (Å²) in [4.78, 5) is 25.8. The molecule has 1 aromatic carbocycles. The maximum absolute atomic E-state index is 12.3. The number of nitrogens with zero attached hydrogens (tertiary/aromatic N) is 1. The molecule has 1 aromatic rings. The lowest BCUT2D eigenvalue weighted by Crippen LogP contribution is -2.44. The molecule has 1 atom stereocenters. The van der Waals surface area contributed by atoms with Gasteiger partial charge in [-0.2, -0.15) is 0 Å². The SMILES string of the molecule is C=C1c2ccccc2C(=O)N1CC(=O)NC(CO)CC(C)C. The fraction of sp³-hybridized carbons (Fsp3) is 0.412. The number of carbonyl (C=O) groups is 2. The molecule has 2 amide bonds. The minimum Gasteiger partial charge on any atom is -0.394 e. The maximum atomic E-state index is 12.3. The van der Waals surface area contributed by atoms with Gasteiger partial charge in [0.15, 0.2) is 0 Å². The van der Waals surface area contributed by atoms with Gasteiger partial charge in [0.05, 0.1) is 12.6 Å². The molecule has 118 valence electrons. The number of hydrogen-bond donors (Lipinski definition) is 2. The highest BCUT2D eigenvalue weighted by Gasteiger charge is 2.32. The van der Waals surface area contributed by atoms with Crippen molar-refractivity contribution in [1.29, 1.82) is 0 Å². The molecule has 1 heterocycles. The highest BCUT2D eigenvalue weighted by atomic mass is 16.3. The molecule has 0 aliphatic carbocycles. The second-order valence-corrected chi connectivity index (χ2v) is 5.96. The van der Waals surface area contributed by atoms with Crippen LogP contribution in [0.1, 0.15) is 36.2 Å². The van der Waals surface area contributed by atoms with E-state index in [0.29, 0.717) is 23.6 Å². The van der Waals surface area contributed by atoms with Crippen LogP contribution in [0.25, 0.3) is 5.70 Å². The first kappa shape index (κ1) is 16.2. The molecule has 2 rings (SSSR count). The van der Waals surface area contributed by atoms with Crippen molar-refractivity contribution in [3.05, 3.63) is 42.0 Å². The normalized spacial score (nSPS) is 15.2. The fourth-order valence-electron chi connectivity index (χ4n) is 2.67. The Morgan fingerprint density at radius 2 is 1.95 bits per heavy atom. The van der Waals surface area contributed by atoms with E-state index in [2.05, 4.69) is 11.9 Å². The molecule has 5 heteroatoms. The third kappa shape index (κ3) is 3.36. The highest BCUT2D eigenvalue weighted by molar-refractivity contribution is 6.10. The lowest BCUT2D eigenvalue weighted by atomic mass is 10.0. The summed E-state index contributed by atoms with van der Waals surface area (Å²) in [6.07, 6.45) is 0.692. The summed E-state index contributed by atoms with van der Waals surface area (Å²) in [5, 5.41) is 12.1. The highest BCUT2D eigenvalue weighted by Crippen LogP contribution is 2.30. The zero-order chi connectivity index (χ0) is 16.3. The van der Waals surface area contributed by atoms with Crippen molar-refractivity contribution < 1.29 is 14.7 Å². The summed E-state index contributed by atoms with van der Waals surface area (Å²) in [6, 6.07) is 6.89. The Hall–Kier alpha value is -2.14. The second kappa shape index (κ2) is 6.75. The number of carbonyl (C=O) groups excluding carboxylic acids is 2. The summed E-state index contributed by atoms with van der Waals surface area (Å²) in [6.45, 7) is 7.76. The minimum atomic E-state index is -0.291. The van der Waals surface area contributed by atoms with Gasteiger partial charge in [-0.15, -0.1) is 0 Å². The van der Waals surface area contributed by atoms with E-state index in [4.69, 9.17) is 0 Å². The number of aliphatic hydroxyl groups is 1. The van der Waals surface area contributed by atoms with Gasteiger partial charge in [0, 0.05) is 16.8 Å². The largest absolute Gasteiger partial charge is 0.394 e. The van der Waals surface area contributed by atoms with E-state index < -0.39 is 0 Å². The van der Waals surface area contributed by atoms with Crippen molar-refractivity contribution in [1.82, 2.24) is 10.2 Å². The van der Waals surface area contributed by atoms with E-state index in [-0.39, 0.29) is 31.0 Å². The zero-order valence-electron chi connectivity index (χ0n) is 13.0. The Bertz CT molecular complexity index is 560. The van der Waals surface area contributed by atoms with Gasteiger partial charge in [0.25, 0.3) is 5.91 Å². The summed E-state index contributed by atoms with van der Waals surface area (Å²) in [5.41, 5.74) is 1.88. The predicted octanol–water partition coefficient (Wildman–Crippen LogP) is 1.64. The molecule has 0 saturated heterocycles. The molecule has 0 fully saturated rings. The zero-order valence-corrected chi connectivity index (χ0v) is 13.0. The summed E-state index contributed by atoms with van der Waals surface area (Å²) < 4.78 is 0. The monoisotopic (exact) mass is 302 g/mol. The van der Waals surface area contributed by atoms with Gasteiger partial charge < -0.3 is 10.4 Å². The first-order valence-electron chi connectivity index (χ1n) is 7.44. The third-order valence-corrected chi connectivity index (χ3v) is 3.68. The number of hydrogen-bond acceptors (Lipinski definition) is 3. The van der Waals surface area contributed by atoms with Crippen LogP contribution in [0.5, 0.6) is 0 Å². The van der Waals surface area contributed by atoms with Gasteiger partial charge in [-0.1, -0.05) is 38.6 Å². The second-order valence-electron chi connectivity index (χ2n) is 5.96. The van der Waals surface area contributed by atoms with Crippen LogP contribution in [-0.4, -0.2) is 41.0 Å². The van der Waals surface area contributed by atoms with E-state index >= 15 is 0 Å². The fourth-order valence-corrected chi connectivity index (χ4v) is 2.67. The maximum Gasteiger partial charge on any atom is 0.259 e. The van der Waals surface area contributed by atoms with Crippen molar-refractivity contribution in [2.75, 3.05) is 13.2 Å². The summed E-state index contributed by atoms with van der Waals surface area (Å²) >= 11 is 0. The quantitative estimate of drug-likeness (QED) is 0.839. The standard InChI is InChI=1S/C17H22N2O3/c1-11(2)8-13(10-20)18-16(21)9-19-12(3)14-6-4-5-7-15(14)17(19)22/h4-7,11,13,20H,3,8-10H2,1-2H3,(H,18,21). The van der Waals surface area contributed by atoms with Gasteiger partial charge in [-0.25, -0.2) is 0 Å². The number of nitrogens with one attached hydrogen (secondary N) is 1. The van der Waals surface area contributed by atoms with Gasteiger partial charge in [0.2, 0.25) is 5.91 Å². The number of amides is 2. The topological polar surface area (TPSA) is 69.6 Å². The molecule has 1 unspecified atom stereocenters. The van der Waals surface area contributed by atoms with E-state index in [1.807, 2.05) is 26.0 Å². The number of aliphatic hydroxyl groups excluding tert-OH is 1. The molecule has 1 aliphatic heterocycles. The molecule has 0 saturated carbocycles. The Kier molecular flexibility index (Phi) is 4.98. The average molecular weight is 302 g/mol. The van der Waals surface area contributed by atoms with Crippen molar-refractivity contribution >= 4 is 17.5 Å². The molecule has 22 heavy (non-hydrogen) atoms. The van der Waals surface area contributed by atoms with Crippen molar-refractivity contribution in [2.24, 2.45) is 5.92 Å². The molecule has 0 spiro atoms. The van der Waals surface area contributed by atoms with Crippen molar-refractivity contribution in [2.45, 2.75) is 26.3 Å². The average Bonchev–Trinajstić information content (AvgIpc) is 2.72. The van der Waals surface area contributed by atoms with Crippen LogP contribution in [0, 0.1) is 5.92 Å². The third-order valence-electron chi connectivity index (χ3n) is 3.68. The van der Waals surface area contributed by atoms with E-state index in [1.54, 1.807) is 12.1 Å². The molecular formula is C17H22N2O3. The minimum absolute atomic E-state index is 0.0824. The van der Waals surface area contributed by atoms with Crippen LogP contribution < -0.4 is 5.32 Å². The van der Waals surface area contributed by atoms with Crippen molar-refractivity contribution in [3.63, 3.8) is 0 Å². The Balaban J connectivity index is 2.01. The smallest absolute Gasteiger partial charge is 0.259 e.